The number of hydrogen-bond donors (Lipinski definition) is 0. The number of rotatable bonds is 1. The zero-order valence-corrected chi connectivity index (χ0v) is 6.23. The van der Waals surface area contributed by atoms with E-state index >= 15 is 0 Å². The van der Waals surface area contributed by atoms with Crippen LogP contribution in [0.4, 0.5) is 13.2 Å². The first-order valence-electron chi connectivity index (χ1n) is 3.40. The molecular formula is C8H6BF3. The Labute approximate surface area is 69.8 Å². The maximum Gasteiger partial charge on any atom is 0.416 e. The highest BCUT2D eigenvalue weighted by Crippen LogP contribution is 2.29. The monoisotopic (exact) mass is 170 g/mol. The third-order valence-electron chi connectivity index (χ3n) is 1.49. The Morgan fingerprint density at radius 2 is 1.92 bits per heavy atom. The normalized spacial score (nSPS) is 11.6. The van der Waals surface area contributed by atoms with Gasteiger partial charge in [-0.15, -0.1) is 0 Å². The fraction of sp³-hybridized carbons (Fsp3) is 0.250. The second-order valence-corrected chi connectivity index (χ2v) is 2.40. The zero-order valence-electron chi connectivity index (χ0n) is 6.23. The summed E-state index contributed by atoms with van der Waals surface area (Å²) in [5.74, 6) is 0. The molecule has 2 radical (unpaired) electrons. The van der Waals surface area contributed by atoms with Crippen molar-refractivity contribution in [3.63, 3.8) is 0 Å². The molecule has 1 aromatic rings. The molecule has 0 bridgehead atoms. The van der Waals surface area contributed by atoms with Crippen molar-refractivity contribution in [3.8, 4) is 0 Å². The highest BCUT2D eigenvalue weighted by Gasteiger charge is 2.30. The second kappa shape index (κ2) is 3.21. The summed E-state index contributed by atoms with van der Waals surface area (Å²) in [4.78, 5) is 0. The van der Waals surface area contributed by atoms with Crippen LogP contribution in [0.2, 0.25) is 0 Å². The predicted molar refractivity (Wildman–Crippen MR) is 40.9 cm³/mol. The van der Waals surface area contributed by atoms with Gasteiger partial charge in [-0.1, -0.05) is 30.1 Å². The van der Waals surface area contributed by atoms with Gasteiger partial charge < -0.3 is 0 Å². The van der Waals surface area contributed by atoms with E-state index in [1.807, 2.05) is 0 Å². The van der Waals surface area contributed by atoms with Crippen molar-refractivity contribution in [2.75, 3.05) is 0 Å². The van der Waals surface area contributed by atoms with E-state index < -0.39 is 11.7 Å². The van der Waals surface area contributed by atoms with Gasteiger partial charge in [-0.2, -0.15) is 13.2 Å². The van der Waals surface area contributed by atoms with Crippen LogP contribution in [0.15, 0.2) is 24.3 Å². The molecule has 0 aliphatic heterocycles. The van der Waals surface area contributed by atoms with Crippen LogP contribution in [-0.2, 0) is 12.5 Å². The van der Waals surface area contributed by atoms with Crippen LogP contribution < -0.4 is 0 Å². The van der Waals surface area contributed by atoms with Crippen LogP contribution in [0, 0.1) is 0 Å². The molecular weight excluding hydrogens is 164 g/mol. The van der Waals surface area contributed by atoms with Crippen LogP contribution in [0.3, 0.4) is 0 Å². The molecule has 0 saturated carbocycles. The van der Waals surface area contributed by atoms with E-state index in [1.165, 1.54) is 6.07 Å². The third-order valence-corrected chi connectivity index (χ3v) is 1.49. The SMILES string of the molecule is [B]Cc1cccc(C(F)(F)F)c1. The fourth-order valence-electron chi connectivity index (χ4n) is 0.875. The minimum absolute atomic E-state index is 0.129. The largest absolute Gasteiger partial charge is 0.416 e. The Balaban J connectivity index is 3.02. The lowest BCUT2D eigenvalue weighted by molar-refractivity contribution is -0.137. The smallest absolute Gasteiger partial charge is 0.166 e. The molecule has 0 aromatic heterocycles. The highest BCUT2D eigenvalue weighted by molar-refractivity contribution is 6.08. The summed E-state index contributed by atoms with van der Waals surface area (Å²) in [5.41, 5.74) is -0.157. The van der Waals surface area contributed by atoms with Crippen LogP contribution in [0.1, 0.15) is 11.1 Å². The lowest BCUT2D eigenvalue weighted by Crippen LogP contribution is -2.05. The molecule has 1 rings (SSSR count). The lowest BCUT2D eigenvalue weighted by Gasteiger charge is -2.07. The molecule has 0 aliphatic rings. The van der Waals surface area contributed by atoms with E-state index in [-0.39, 0.29) is 6.32 Å². The average Bonchev–Trinajstić information content (AvgIpc) is 2.03. The summed E-state index contributed by atoms with van der Waals surface area (Å²) in [6, 6.07) is 5.00. The fourth-order valence-corrected chi connectivity index (χ4v) is 0.875. The van der Waals surface area contributed by atoms with Gasteiger partial charge in [0, 0.05) is 0 Å². The van der Waals surface area contributed by atoms with Crippen LogP contribution in [0.5, 0.6) is 0 Å². The van der Waals surface area contributed by atoms with Crippen molar-refractivity contribution in [2.24, 2.45) is 0 Å². The van der Waals surface area contributed by atoms with Gasteiger partial charge in [0.15, 0.2) is 0 Å². The summed E-state index contributed by atoms with van der Waals surface area (Å²) < 4.78 is 36.2. The van der Waals surface area contributed by atoms with Gasteiger partial charge in [0.05, 0.1) is 13.4 Å². The van der Waals surface area contributed by atoms with E-state index in [1.54, 1.807) is 6.07 Å². The highest BCUT2D eigenvalue weighted by atomic mass is 19.4. The van der Waals surface area contributed by atoms with Gasteiger partial charge in [-0.3, -0.25) is 0 Å². The van der Waals surface area contributed by atoms with Crippen molar-refractivity contribution in [2.45, 2.75) is 12.5 Å². The first-order valence-corrected chi connectivity index (χ1v) is 3.40. The molecule has 62 valence electrons. The molecule has 0 unspecified atom stereocenters. The van der Waals surface area contributed by atoms with Gasteiger partial charge in [-0.05, 0) is 6.07 Å². The second-order valence-electron chi connectivity index (χ2n) is 2.40. The van der Waals surface area contributed by atoms with E-state index in [0.29, 0.717) is 5.56 Å². The molecule has 4 heteroatoms. The van der Waals surface area contributed by atoms with Crippen LogP contribution in [0.25, 0.3) is 0 Å². The van der Waals surface area contributed by atoms with Crippen molar-refractivity contribution in [1.82, 2.24) is 0 Å². The van der Waals surface area contributed by atoms with Crippen molar-refractivity contribution in [3.05, 3.63) is 35.4 Å². The molecule has 0 N–H and O–H groups in total. The molecule has 0 spiro atoms. The number of hydrogen-bond acceptors (Lipinski definition) is 0. The minimum Gasteiger partial charge on any atom is -0.166 e. The van der Waals surface area contributed by atoms with Gasteiger partial charge in [0.1, 0.15) is 0 Å². The lowest BCUT2D eigenvalue weighted by atomic mass is 9.96. The number of benzene rings is 1. The van der Waals surface area contributed by atoms with Gasteiger partial charge in [0.2, 0.25) is 0 Å². The number of alkyl halides is 3. The van der Waals surface area contributed by atoms with E-state index in [9.17, 15) is 13.2 Å². The molecule has 1 aromatic carbocycles. The molecule has 0 heterocycles. The predicted octanol–water partition coefficient (Wildman–Crippen LogP) is 2.37. The standard InChI is InChI=1S/C8H6BF3/c9-5-6-2-1-3-7(4-6)8(10,11)12/h1-4H,5H2. The zero-order chi connectivity index (χ0) is 9.19. The van der Waals surface area contributed by atoms with E-state index in [2.05, 4.69) is 0 Å². The summed E-state index contributed by atoms with van der Waals surface area (Å²) in [6.07, 6.45) is -4.14. The maximum absolute atomic E-state index is 12.1. The third kappa shape index (κ3) is 2.03. The molecule has 0 aliphatic carbocycles. The quantitative estimate of drug-likeness (QED) is 0.567. The molecule has 0 atom stereocenters. The van der Waals surface area contributed by atoms with Gasteiger partial charge >= 0.3 is 6.18 Å². The molecule has 0 saturated heterocycles. The Morgan fingerprint density at radius 1 is 1.25 bits per heavy atom. The molecule has 0 fully saturated rings. The van der Waals surface area contributed by atoms with E-state index in [4.69, 9.17) is 7.85 Å². The Hall–Kier alpha value is -0.925. The van der Waals surface area contributed by atoms with E-state index in [0.717, 1.165) is 12.1 Å². The van der Waals surface area contributed by atoms with Gasteiger partial charge in [0.25, 0.3) is 0 Å². The molecule has 0 nitrogen and oxygen atoms in total. The summed E-state index contributed by atoms with van der Waals surface area (Å²) >= 11 is 0. The topological polar surface area (TPSA) is 0 Å². The maximum atomic E-state index is 12.1. The van der Waals surface area contributed by atoms with Crippen molar-refractivity contribution >= 4 is 7.85 Å². The Morgan fingerprint density at radius 3 is 2.42 bits per heavy atom. The Kier molecular flexibility index (Phi) is 2.45. The Bertz CT molecular complexity index is 267. The number of halogens is 3. The summed E-state index contributed by atoms with van der Waals surface area (Å²) in [5, 5.41) is 0. The summed E-state index contributed by atoms with van der Waals surface area (Å²) in [6.45, 7) is 0. The van der Waals surface area contributed by atoms with Crippen molar-refractivity contribution < 1.29 is 13.2 Å². The van der Waals surface area contributed by atoms with Crippen LogP contribution >= 0.6 is 0 Å². The summed E-state index contributed by atoms with van der Waals surface area (Å²) in [7, 11) is 5.19. The van der Waals surface area contributed by atoms with Crippen LogP contribution in [-0.4, -0.2) is 7.85 Å². The van der Waals surface area contributed by atoms with Gasteiger partial charge in [-0.25, -0.2) is 0 Å². The van der Waals surface area contributed by atoms with Crippen molar-refractivity contribution in [1.29, 1.82) is 0 Å². The first-order chi connectivity index (χ1) is 5.54. The average molecular weight is 170 g/mol. The molecule has 12 heavy (non-hydrogen) atoms. The molecule has 0 amide bonds. The minimum atomic E-state index is -4.27. The first kappa shape index (κ1) is 9.17.